The number of hydrogen-bond acceptors (Lipinski definition) is 3. The molecule has 1 saturated carbocycles. The van der Waals surface area contributed by atoms with Gasteiger partial charge >= 0.3 is 6.18 Å². The molecule has 1 fully saturated rings. The van der Waals surface area contributed by atoms with E-state index in [1.54, 1.807) is 30.3 Å². The third-order valence-electron chi connectivity index (χ3n) is 7.69. The third-order valence-corrected chi connectivity index (χ3v) is 7.69. The van der Waals surface area contributed by atoms with Gasteiger partial charge in [0.2, 0.25) is 11.4 Å². The maximum absolute atomic E-state index is 15.0. The minimum atomic E-state index is -5.23. The van der Waals surface area contributed by atoms with Gasteiger partial charge in [0.05, 0.1) is 5.57 Å². The second-order valence-electron chi connectivity index (χ2n) is 10.2. The minimum absolute atomic E-state index is 0.0182. The van der Waals surface area contributed by atoms with Gasteiger partial charge < -0.3 is 10.2 Å². The number of amides is 2. The van der Waals surface area contributed by atoms with Crippen LogP contribution in [-0.4, -0.2) is 40.8 Å². The number of carbonyl (C=O) groups excluding carboxylic acids is 3. The average Bonchev–Trinajstić information content (AvgIpc) is 3.13. The van der Waals surface area contributed by atoms with E-state index in [0.717, 1.165) is 42.6 Å². The van der Waals surface area contributed by atoms with Crippen LogP contribution in [0.15, 0.2) is 71.9 Å². The highest BCUT2D eigenvalue weighted by Crippen LogP contribution is 2.46. The molecular formula is C30H33F3N2O3. The van der Waals surface area contributed by atoms with Crippen LogP contribution in [0.5, 0.6) is 0 Å². The van der Waals surface area contributed by atoms with Crippen molar-refractivity contribution in [2.75, 3.05) is 6.54 Å². The van der Waals surface area contributed by atoms with Gasteiger partial charge in [-0.1, -0.05) is 92.8 Å². The number of rotatable bonds is 9. The van der Waals surface area contributed by atoms with E-state index in [0.29, 0.717) is 12.8 Å². The number of halogens is 3. The number of benzene rings is 2. The molecule has 1 unspecified atom stereocenters. The fraction of sp³-hybridized carbons (Fsp3) is 0.433. The van der Waals surface area contributed by atoms with E-state index in [9.17, 15) is 14.4 Å². The summed E-state index contributed by atoms with van der Waals surface area (Å²) in [4.78, 5) is 41.3. The molecule has 5 nitrogen and oxygen atoms in total. The number of alkyl halides is 3. The normalized spacial score (nSPS) is 20.6. The molecule has 0 radical (unpaired) electrons. The minimum Gasteiger partial charge on any atom is -0.330 e. The number of hydrogen-bond donors (Lipinski definition) is 1. The van der Waals surface area contributed by atoms with Crippen molar-refractivity contribution in [1.29, 1.82) is 0 Å². The maximum atomic E-state index is 15.0. The van der Waals surface area contributed by atoms with Crippen molar-refractivity contribution in [1.82, 2.24) is 10.2 Å². The molecule has 0 spiro atoms. The second-order valence-corrected chi connectivity index (χ2v) is 10.2. The van der Waals surface area contributed by atoms with E-state index in [1.165, 1.54) is 19.1 Å². The summed E-state index contributed by atoms with van der Waals surface area (Å²) < 4.78 is 45.0. The number of carbonyl (C=O) groups is 3. The molecule has 1 aliphatic heterocycles. The summed E-state index contributed by atoms with van der Waals surface area (Å²) in [6.45, 7) is 1.29. The zero-order chi connectivity index (χ0) is 27.3. The Labute approximate surface area is 221 Å². The van der Waals surface area contributed by atoms with Gasteiger partial charge in [-0.15, -0.1) is 0 Å². The summed E-state index contributed by atoms with van der Waals surface area (Å²) in [5, 5.41) is 2.05. The van der Waals surface area contributed by atoms with Crippen molar-refractivity contribution in [2.45, 2.75) is 70.0 Å². The number of ketones is 1. The number of nitrogens with zero attached hydrogens (tertiary/aromatic N) is 1. The standard InChI is InChI=1S/C30H33F3N2O3/c1-21-26(27(37)24-15-9-4-10-16-24)29(30(31,32)33,34-25(36)18-17-22-11-5-2-6-12-22)28(38)35(21)20-19-23-13-7-3-8-14-23/h3-4,7-10,13-16,22H,2,5-6,11-12,17-20H2,1H3,(H,34,36). The van der Waals surface area contributed by atoms with E-state index in [-0.39, 0.29) is 30.1 Å². The molecule has 2 aromatic rings. The SMILES string of the molecule is CC1=C(C(=O)c2ccccc2)C(NC(=O)CCC2CCCCC2)(C(F)(F)F)C(=O)N1CCc1ccccc1. The molecule has 4 rings (SSSR count). The van der Waals surface area contributed by atoms with Crippen molar-refractivity contribution in [3.05, 3.63) is 83.1 Å². The van der Waals surface area contributed by atoms with Crippen LogP contribution in [-0.2, 0) is 16.0 Å². The highest BCUT2D eigenvalue weighted by molar-refractivity contribution is 6.19. The zero-order valence-corrected chi connectivity index (χ0v) is 21.5. The van der Waals surface area contributed by atoms with Crippen molar-refractivity contribution in [3.8, 4) is 0 Å². The van der Waals surface area contributed by atoms with Gasteiger partial charge in [0.25, 0.3) is 5.91 Å². The Morgan fingerprint density at radius 3 is 2.18 bits per heavy atom. The van der Waals surface area contributed by atoms with Crippen molar-refractivity contribution in [2.24, 2.45) is 5.92 Å². The molecular weight excluding hydrogens is 493 g/mol. The summed E-state index contributed by atoms with van der Waals surface area (Å²) in [6, 6.07) is 16.6. The first-order valence-corrected chi connectivity index (χ1v) is 13.2. The van der Waals surface area contributed by atoms with E-state index >= 15 is 13.2 Å². The first kappa shape index (κ1) is 27.6. The molecule has 1 atom stereocenters. The quantitative estimate of drug-likeness (QED) is 0.407. The first-order chi connectivity index (χ1) is 18.1. The van der Waals surface area contributed by atoms with Gasteiger partial charge in [-0.3, -0.25) is 14.4 Å². The monoisotopic (exact) mass is 526 g/mol. The van der Waals surface area contributed by atoms with Gasteiger partial charge in [-0.05, 0) is 31.2 Å². The lowest BCUT2D eigenvalue weighted by Crippen LogP contribution is -2.66. The van der Waals surface area contributed by atoms with E-state index < -0.39 is 34.9 Å². The zero-order valence-electron chi connectivity index (χ0n) is 21.5. The smallest absolute Gasteiger partial charge is 0.330 e. The van der Waals surface area contributed by atoms with Crippen LogP contribution in [0, 0.1) is 5.92 Å². The largest absolute Gasteiger partial charge is 0.425 e. The topological polar surface area (TPSA) is 66.5 Å². The number of nitrogens with one attached hydrogen (secondary N) is 1. The lowest BCUT2D eigenvalue weighted by Gasteiger charge is -2.34. The third kappa shape index (κ3) is 5.54. The fourth-order valence-electron chi connectivity index (χ4n) is 5.62. The van der Waals surface area contributed by atoms with Crippen molar-refractivity contribution >= 4 is 17.6 Å². The van der Waals surface area contributed by atoms with E-state index in [1.807, 2.05) is 23.5 Å². The lowest BCUT2D eigenvalue weighted by molar-refractivity contribution is -0.193. The Kier molecular flexibility index (Phi) is 8.38. The molecule has 1 heterocycles. The summed E-state index contributed by atoms with van der Waals surface area (Å²) in [7, 11) is 0. The number of Topliss-reactive ketones (excluding diaryl/α,β-unsaturated/α-hetero) is 1. The molecule has 202 valence electrons. The molecule has 2 amide bonds. The highest BCUT2D eigenvalue weighted by atomic mass is 19.4. The van der Waals surface area contributed by atoms with Gasteiger partial charge in [-0.25, -0.2) is 0 Å². The van der Waals surface area contributed by atoms with Crippen LogP contribution in [0.3, 0.4) is 0 Å². The molecule has 0 aromatic heterocycles. The Morgan fingerprint density at radius 1 is 0.974 bits per heavy atom. The van der Waals surface area contributed by atoms with Crippen molar-refractivity contribution in [3.63, 3.8) is 0 Å². The maximum Gasteiger partial charge on any atom is 0.425 e. The van der Waals surface area contributed by atoms with Crippen molar-refractivity contribution < 1.29 is 27.6 Å². The number of allylic oxidation sites excluding steroid dienone is 1. The molecule has 8 heteroatoms. The van der Waals surface area contributed by atoms with Gasteiger partial charge in [0, 0.05) is 24.2 Å². The van der Waals surface area contributed by atoms with Crippen LogP contribution >= 0.6 is 0 Å². The summed E-state index contributed by atoms with van der Waals surface area (Å²) in [5.41, 5.74) is -3.41. The Hall–Kier alpha value is -3.42. The fourth-order valence-corrected chi connectivity index (χ4v) is 5.62. The van der Waals surface area contributed by atoms with Gasteiger partial charge in [0.1, 0.15) is 0 Å². The Morgan fingerprint density at radius 2 is 1.58 bits per heavy atom. The first-order valence-electron chi connectivity index (χ1n) is 13.2. The van der Waals surface area contributed by atoms with Crippen LogP contribution in [0.25, 0.3) is 0 Å². The highest BCUT2D eigenvalue weighted by Gasteiger charge is 2.70. The second kappa shape index (κ2) is 11.5. The van der Waals surface area contributed by atoms with E-state index in [4.69, 9.17) is 0 Å². The summed E-state index contributed by atoms with van der Waals surface area (Å²) >= 11 is 0. The average molecular weight is 527 g/mol. The molecule has 0 saturated heterocycles. The van der Waals surface area contributed by atoms with Crippen LogP contribution in [0.1, 0.15) is 67.8 Å². The Balaban J connectivity index is 1.69. The summed E-state index contributed by atoms with van der Waals surface area (Å²) in [5.74, 6) is -2.87. The molecule has 38 heavy (non-hydrogen) atoms. The van der Waals surface area contributed by atoms with E-state index in [2.05, 4.69) is 0 Å². The summed E-state index contributed by atoms with van der Waals surface area (Å²) in [6.07, 6.45) is 0.496. The van der Waals surface area contributed by atoms with Gasteiger partial charge in [0.15, 0.2) is 5.78 Å². The molecule has 2 aromatic carbocycles. The Bertz CT molecular complexity index is 1190. The molecule has 2 aliphatic rings. The van der Waals surface area contributed by atoms with Crippen LogP contribution in [0.2, 0.25) is 0 Å². The lowest BCUT2D eigenvalue weighted by atomic mass is 9.83. The molecule has 0 bridgehead atoms. The van der Waals surface area contributed by atoms with Crippen LogP contribution in [0.4, 0.5) is 13.2 Å². The predicted molar refractivity (Wildman–Crippen MR) is 138 cm³/mol. The molecule has 1 N–H and O–H groups in total. The predicted octanol–water partition coefficient (Wildman–Crippen LogP) is 6.01. The molecule has 1 aliphatic carbocycles. The van der Waals surface area contributed by atoms with Gasteiger partial charge in [-0.2, -0.15) is 13.2 Å². The van der Waals surface area contributed by atoms with Crippen LogP contribution < -0.4 is 5.32 Å².